The summed E-state index contributed by atoms with van der Waals surface area (Å²) in [4.78, 5) is 36.3. The summed E-state index contributed by atoms with van der Waals surface area (Å²) in [6.45, 7) is 0.965. The predicted molar refractivity (Wildman–Crippen MR) is 140 cm³/mol. The van der Waals surface area contributed by atoms with Crippen LogP contribution in [-0.2, 0) is 4.79 Å². The molecule has 6 rings (SSSR count). The van der Waals surface area contributed by atoms with Crippen LogP contribution >= 0.6 is 0 Å². The van der Waals surface area contributed by atoms with Gasteiger partial charge in [-0.1, -0.05) is 30.3 Å². The molecule has 1 aromatic carbocycles. The second-order valence-corrected chi connectivity index (χ2v) is 10.1. The maximum absolute atomic E-state index is 12.8. The van der Waals surface area contributed by atoms with Gasteiger partial charge in [0.1, 0.15) is 23.9 Å². The number of pyridine rings is 1. The normalized spacial score (nSPS) is 20.7. The van der Waals surface area contributed by atoms with Crippen molar-refractivity contribution >= 4 is 23.2 Å². The molecule has 2 saturated heterocycles. The number of fused-ring (bicyclic) bond motifs is 3. The lowest BCUT2D eigenvalue weighted by atomic mass is 9.85. The lowest BCUT2D eigenvalue weighted by Gasteiger charge is -2.39. The Hall–Kier alpha value is -4.31. The van der Waals surface area contributed by atoms with E-state index in [1.807, 2.05) is 30.3 Å². The van der Waals surface area contributed by atoms with Crippen molar-refractivity contribution in [2.45, 2.75) is 50.6 Å². The summed E-state index contributed by atoms with van der Waals surface area (Å²) < 4.78 is 1.46. The fourth-order valence-electron chi connectivity index (χ4n) is 6.20. The zero-order valence-electron chi connectivity index (χ0n) is 20.9. The number of carbonyl (C=O) groups is 2. The summed E-state index contributed by atoms with van der Waals surface area (Å²) in [5, 5.41) is 24.6. The summed E-state index contributed by atoms with van der Waals surface area (Å²) in [6, 6.07) is 11.0. The van der Waals surface area contributed by atoms with Crippen LogP contribution in [0.25, 0.3) is 28.0 Å². The Morgan fingerprint density at radius 1 is 1.08 bits per heavy atom. The summed E-state index contributed by atoms with van der Waals surface area (Å²) in [7, 11) is 0. The molecule has 1 amide bonds. The molecule has 3 aromatic heterocycles. The SMILES string of the molecule is CC(=O)c1c(C2CC3CC[C@@H](C2)N3C(=O)CO)nc2c(-c3cnc(-c4ccccc4)c(O)c3)cnn2c1N. The first-order valence-corrected chi connectivity index (χ1v) is 12.7. The standard InChI is InChI=1S/C28H28N6O4/c1-15(36)24-26(17-9-19-7-8-20(10-17)33(19)23(38)14-35)32-28-21(13-31-34(28)27(24)29)18-11-22(37)25(30-12-18)16-5-3-2-4-6-16/h2-6,11-13,17,19-20,35,37H,7-10,14,29H2,1H3/t17?,19-,20?/m0/s1. The average Bonchev–Trinajstić information content (AvgIpc) is 3.46. The first-order chi connectivity index (χ1) is 18.4. The van der Waals surface area contributed by atoms with Gasteiger partial charge >= 0.3 is 0 Å². The smallest absolute Gasteiger partial charge is 0.248 e. The molecule has 2 fully saturated rings. The Morgan fingerprint density at radius 3 is 2.42 bits per heavy atom. The van der Waals surface area contributed by atoms with Crippen molar-refractivity contribution in [2.75, 3.05) is 12.3 Å². The van der Waals surface area contributed by atoms with Crippen LogP contribution < -0.4 is 5.73 Å². The number of Topliss-reactive ketones (excluding diaryl/α,β-unsaturated/α-hetero) is 1. The van der Waals surface area contributed by atoms with Crippen molar-refractivity contribution in [1.82, 2.24) is 24.5 Å². The molecular weight excluding hydrogens is 484 g/mol. The van der Waals surface area contributed by atoms with Gasteiger partial charge in [0.05, 0.1) is 17.5 Å². The van der Waals surface area contributed by atoms with Gasteiger partial charge < -0.3 is 20.8 Å². The number of rotatable bonds is 5. The first kappa shape index (κ1) is 24.1. The minimum absolute atomic E-state index is 0.00600. The van der Waals surface area contributed by atoms with Gasteiger partial charge in [-0.25, -0.2) is 4.98 Å². The minimum Gasteiger partial charge on any atom is -0.506 e. The Labute approximate surface area is 218 Å². The molecule has 4 aromatic rings. The molecule has 5 heterocycles. The third kappa shape index (κ3) is 3.79. The Kier molecular flexibility index (Phi) is 5.83. The van der Waals surface area contributed by atoms with Crippen LogP contribution in [0, 0.1) is 0 Å². The van der Waals surface area contributed by atoms with Crippen LogP contribution in [0.2, 0.25) is 0 Å². The molecule has 4 N–H and O–H groups in total. The molecule has 0 spiro atoms. The number of aromatic hydroxyl groups is 1. The van der Waals surface area contributed by atoms with Gasteiger partial charge in [0, 0.05) is 40.9 Å². The highest BCUT2D eigenvalue weighted by Gasteiger charge is 2.44. The number of ketones is 1. The Morgan fingerprint density at radius 2 is 1.79 bits per heavy atom. The van der Waals surface area contributed by atoms with Crippen molar-refractivity contribution in [3.05, 3.63) is 60.0 Å². The van der Waals surface area contributed by atoms with E-state index in [2.05, 4.69) is 10.1 Å². The largest absolute Gasteiger partial charge is 0.506 e. The van der Waals surface area contributed by atoms with Gasteiger partial charge in [-0.15, -0.1) is 0 Å². The lowest BCUT2D eigenvalue weighted by Crippen LogP contribution is -2.47. The van der Waals surface area contributed by atoms with Crippen LogP contribution in [0.5, 0.6) is 5.75 Å². The van der Waals surface area contributed by atoms with Crippen LogP contribution in [0.1, 0.15) is 54.6 Å². The van der Waals surface area contributed by atoms with Gasteiger partial charge in [0.2, 0.25) is 5.91 Å². The molecule has 10 heteroatoms. The monoisotopic (exact) mass is 512 g/mol. The predicted octanol–water partition coefficient (Wildman–Crippen LogP) is 3.18. The first-order valence-electron chi connectivity index (χ1n) is 12.7. The van der Waals surface area contributed by atoms with E-state index in [4.69, 9.17) is 10.7 Å². The molecule has 3 atom stereocenters. The Bertz CT molecular complexity index is 1550. The zero-order valence-corrected chi connectivity index (χ0v) is 20.9. The fraction of sp³-hybridized carbons (Fsp3) is 0.321. The molecule has 194 valence electrons. The molecule has 10 nitrogen and oxygen atoms in total. The summed E-state index contributed by atoms with van der Waals surface area (Å²) in [5.74, 6) is -0.287. The van der Waals surface area contributed by atoms with E-state index >= 15 is 0 Å². The third-order valence-electron chi connectivity index (χ3n) is 7.83. The quantitative estimate of drug-likeness (QED) is 0.346. The number of amides is 1. The minimum atomic E-state index is -0.503. The molecule has 38 heavy (non-hydrogen) atoms. The van der Waals surface area contributed by atoms with E-state index in [1.165, 1.54) is 11.4 Å². The maximum Gasteiger partial charge on any atom is 0.248 e. The van der Waals surface area contributed by atoms with Crippen molar-refractivity contribution in [3.8, 4) is 28.1 Å². The number of aromatic nitrogens is 4. The van der Waals surface area contributed by atoms with E-state index < -0.39 is 6.61 Å². The third-order valence-corrected chi connectivity index (χ3v) is 7.83. The zero-order chi connectivity index (χ0) is 26.6. The summed E-state index contributed by atoms with van der Waals surface area (Å²) >= 11 is 0. The van der Waals surface area contributed by atoms with E-state index in [0.29, 0.717) is 46.6 Å². The average molecular weight is 513 g/mol. The number of aliphatic hydroxyl groups is 1. The van der Waals surface area contributed by atoms with E-state index in [1.54, 1.807) is 23.4 Å². The van der Waals surface area contributed by atoms with Gasteiger partial charge in [-0.2, -0.15) is 9.61 Å². The number of benzene rings is 1. The summed E-state index contributed by atoms with van der Waals surface area (Å²) in [5.41, 5.74) is 10.4. The number of anilines is 1. The van der Waals surface area contributed by atoms with E-state index in [0.717, 1.165) is 18.4 Å². The number of hydrogen-bond donors (Lipinski definition) is 3. The van der Waals surface area contributed by atoms with Crippen LogP contribution in [-0.4, -0.2) is 65.1 Å². The van der Waals surface area contributed by atoms with Gasteiger partial charge in [0.15, 0.2) is 11.4 Å². The second-order valence-electron chi connectivity index (χ2n) is 10.1. The van der Waals surface area contributed by atoms with Gasteiger partial charge in [-0.05, 0) is 38.7 Å². The lowest BCUT2D eigenvalue weighted by molar-refractivity contribution is -0.138. The highest BCUT2D eigenvalue weighted by Crippen LogP contribution is 2.44. The van der Waals surface area contributed by atoms with E-state index in [9.17, 15) is 19.8 Å². The topological polar surface area (TPSA) is 147 Å². The maximum atomic E-state index is 12.8. The molecule has 0 radical (unpaired) electrons. The number of nitrogen functional groups attached to an aromatic ring is 1. The second kappa shape index (κ2) is 9.21. The highest BCUT2D eigenvalue weighted by atomic mass is 16.3. The number of aliphatic hydroxyl groups excluding tert-OH is 1. The Balaban J connectivity index is 1.43. The molecular formula is C28H28N6O4. The van der Waals surface area contributed by atoms with Crippen LogP contribution in [0.3, 0.4) is 0 Å². The van der Waals surface area contributed by atoms with Gasteiger partial charge in [-0.3, -0.25) is 14.6 Å². The molecule has 0 aliphatic carbocycles. The molecule has 2 bridgehead atoms. The summed E-state index contributed by atoms with van der Waals surface area (Å²) in [6.07, 6.45) is 6.27. The van der Waals surface area contributed by atoms with Gasteiger partial charge in [0.25, 0.3) is 0 Å². The molecule has 2 aliphatic heterocycles. The molecule has 2 aliphatic rings. The van der Waals surface area contributed by atoms with Crippen molar-refractivity contribution < 1.29 is 19.8 Å². The van der Waals surface area contributed by atoms with Crippen molar-refractivity contribution in [2.24, 2.45) is 0 Å². The number of nitrogens with zero attached hydrogens (tertiary/aromatic N) is 5. The van der Waals surface area contributed by atoms with Crippen LogP contribution in [0.4, 0.5) is 5.82 Å². The highest BCUT2D eigenvalue weighted by molar-refractivity contribution is 6.00. The number of piperidine rings is 1. The van der Waals surface area contributed by atoms with Crippen LogP contribution in [0.15, 0.2) is 48.8 Å². The van der Waals surface area contributed by atoms with Crippen molar-refractivity contribution in [1.29, 1.82) is 0 Å². The number of nitrogens with two attached hydrogens (primary N) is 1. The molecule has 0 saturated carbocycles. The van der Waals surface area contributed by atoms with Crippen molar-refractivity contribution in [3.63, 3.8) is 0 Å². The number of hydrogen-bond acceptors (Lipinski definition) is 8. The number of carbonyl (C=O) groups excluding carboxylic acids is 2. The fourth-order valence-corrected chi connectivity index (χ4v) is 6.20. The van der Waals surface area contributed by atoms with E-state index in [-0.39, 0.29) is 41.3 Å². The molecule has 2 unspecified atom stereocenters.